The van der Waals surface area contributed by atoms with Gasteiger partial charge in [0.2, 0.25) is 5.82 Å². The number of rotatable bonds is 10. The zero-order valence-corrected chi connectivity index (χ0v) is 21.5. The number of methoxy groups -OCH3 is 2. The molecule has 0 atom stereocenters. The zero-order valence-electron chi connectivity index (χ0n) is 20.7. The Hall–Kier alpha value is -3.03. The zero-order chi connectivity index (χ0) is 23.9. The van der Waals surface area contributed by atoms with Crippen molar-refractivity contribution in [3.63, 3.8) is 0 Å². The van der Waals surface area contributed by atoms with Crippen molar-refractivity contribution in [2.24, 2.45) is 0 Å². The van der Waals surface area contributed by atoms with E-state index in [4.69, 9.17) is 14.0 Å². The highest BCUT2D eigenvalue weighted by molar-refractivity contribution is 5.85. The van der Waals surface area contributed by atoms with Crippen molar-refractivity contribution >= 4 is 12.4 Å². The Morgan fingerprint density at radius 3 is 2.49 bits per heavy atom. The fourth-order valence-corrected chi connectivity index (χ4v) is 4.04. The Balaban J connectivity index is 0.00000342. The second kappa shape index (κ2) is 12.6. The van der Waals surface area contributed by atoms with E-state index in [0.717, 1.165) is 35.3 Å². The lowest BCUT2D eigenvalue weighted by Gasteiger charge is -2.16. The molecule has 0 radical (unpaired) electrons. The summed E-state index contributed by atoms with van der Waals surface area (Å²) >= 11 is 0. The van der Waals surface area contributed by atoms with E-state index in [-0.39, 0.29) is 12.4 Å². The van der Waals surface area contributed by atoms with Crippen LogP contribution in [0.5, 0.6) is 0 Å². The number of nitrogens with zero attached hydrogens (tertiary/aromatic N) is 3. The van der Waals surface area contributed by atoms with Crippen LogP contribution >= 0.6 is 12.4 Å². The van der Waals surface area contributed by atoms with E-state index < -0.39 is 0 Å². The molecule has 0 fully saturated rings. The Morgan fingerprint density at radius 1 is 0.886 bits per heavy atom. The summed E-state index contributed by atoms with van der Waals surface area (Å²) in [5.74, 6) is 1.07. The average molecular weight is 494 g/mol. The van der Waals surface area contributed by atoms with Gasteiger partial charge in [-0.25, -0.2) is 0 Å². The molecule has 1 aromatic heterocycles. The monoisotopic (exact) mass is 493 g/mol. The van der Waals surface area contributed by atoms with Gasteiger partial charge >= 0.3 is 0 Å². The Bertz CT molecular complexity index is 1240. The predicted octanol–water partition coefficient (Wildman–Crippen LogP) is 6.03. The molecule has 4 rings (SSSR count). The highest BCUT2D eigenvalue weighted by Gasteiger charge is 2.15. The van der Waals surface area contributed by atoms with Crippen LogP contribution in [-0.4, -0.2) is 49.5 Å². The van der Waals surface area contributed by atoms with Gasteiger partial charge in [-0.2, -0.15) is 4.98 Å². The van der Waals surface area contributed by atoms with Crippen molar-refractivity contribution in [3.8, 4) is 34.0 Å². The molecule has 0 unspecified atom stereocenters. The SMILES string of the molecule is COCCN(C)Cc1cccc(-c2noc(-c3ccc(-c4ccccc4C)c(COC)c3)n2)c1.Cl. The predicted molar refractivity (Wildman–Crippen MR) is 142 cm³/mol. The largest absolute Gasteiger partial charge is 0.383 e. The van der Waals surface area contributed by atoms with Gasteiger partial charge in [-0.3, -0.25) is 4.90 Å². The molecule has 4 aromatic rings. The molecule has 1 heterocycles. The summed E-state index contributed by atoms with van der Waals surface area (Å²) in [6.45, 7) is 5.01. The van der Waals surface area contributed by atoms with Crippen molar-refractivity contribution in [3.05, 3.63) is 83.4 Å². The van der Waals surface area contributed by atoms with Crippen LogP contribution in [0.25, 0.3) is 34.0 Å². The fraction of sp³-hybridized carbons (Fsp3) is 0.286. The first-order valence-electron chi connectivity index (χ1n) is 11.4. The lowest BCUT2D eigenvalue weighted by Crippen LogP contribution is -2.22. The van der Waals surface area contributed by atoms with Crippen LogP contribution < -0.4 is 0 Å². The minimum absolute atomic E-state index is 0. The molecule has 7 heteroatoms. The van der Waals surface area contributed by atoms with E-state index in [2.05, 4.69) is 77.5 Å². The molecule has 0 saturated heterocycles. The third-order valence-corrected chi connectivity index (χ3v) is 5.83. The molecule has 0 bridgehead atoms. The molecule has 184 valence electrons. The molecule has 0 N–H and O–H groups in total. The van der Waals surface area contributed by atoms with Crippen LogP contribution in [0.3, 0.4) is 0 Å². The maximum absolute atomic E-state index is 5.65. The number of hydrogen-bond donors (Lipinski definition) is 0. The van der Waals surface area contributed by atoms with Crippen LogP contribution in [0.15, 0.2) is 71.3 Å². The third kappa shape index (κ3) is 6.55. The van der Waals surface area contributed by atoms with E-state index in [0.29, 0.717) is 24.9 Å². The van der Waals surface area contributed by atoms with Gasteiger partial charge in [0, 0.05) is 38.4 Å². The van der Waals surface area contributed by atoms with Gasteiger partial charge in [0.1, 0.15) is 0 Å². The molecule has 0 aliphatic rings. The normalized spacial score (nSPS) is 11.0. The van der Waals surface area contributed by atoms with Crippen molar-refractivity contribution < 1.29 is 14.0 Å². The first-order valence-corrected chi connectivity index (χ1v) is 11.4. The highest BCUT2D eigenvalue weighted by Crippen LogP contribution is 2.31. The Morgan fingerprint density at radius 2 is 1.71 bits per heavy atom. The van der Waals surface area contributed by atoms with Crippen molar-refractivity contribution in [2.45, 2.75) is 20.1 Å². The van der Waals surface area contributed by atoms with Crippen LogP contribution in [0.2, 0.25) is 0 Å². The van der Waals surface area contributed by atoms with Gasteiger partial charge in [-0.1, -0.05) is 53.7 Å². The van der Waals surface area contributed by atoms with Crippen molar-refractivity contribution in [2.75, 3.05) is 34.4 Å². The van der Waals surface area contributed by atoms with Gasteiger partial charge < -0.3 is 14.0 Å². The molecule has 0 saturated carbocycles. The summed E-state index contributed by atoms with van der Waals surface area (Å²) in [5, 5.41) is 4.25. The Kier molecular flexibility index (Phi) is 9.57. The Labute approximate surface area is 213 Å². The van der Waals surface area contributed by atoms with Crippen LogP contribution in [-0.2, 0) is 22.6 Å². The van der Waals surface area contributed by atoms with Gasteiger partial charge in [-0.15, -0.1) is 12.4 Å². The number of benzene rings is 3. The van der Waals surface area contributed by atoms with E-state index in [1.165, 1.54) is 16.7 Å². The second-order valence-corrected chi connectivity index (χ2v) is 8.47. The van der Waals surface area contributed by atoms with Crippen LogP contribution in [0.4, 0.5) is 0 Å². The molecule has 0 aliphatic heterocycles. The molecule has 3 aromatic carbocycles. The second-order valence-electron chi connectivity index (χ2n) is 8.47. The van der Waals surface area contributed by atoms with Gasteiger partial charge in [0.05, 0.1) is 13.2 Å². The van der Waals surface area contributed by atoms with Crippen LogP contribution in [0, 0.1) is 6.92 Å². The number of aryl methyl sites for hydroxylation is 1. The smallest absolute Gasteiger partial charge is 0.258 e. The molecular formula is C28H32ClN3O3. The molecule has 0 spiro atoms. The number of aromatic nitrogens is 2. The topological polar surface area (TPSA) is 60.6 Å². The summed E-state index contributed by atoms with van der Waals surface area (Å²) in [6.07, 6.45) is 0. The maximum atomic E-state index is 5.65. The highest BCUT2D eigenvalue weighted by atomic mass is 35.5. The molecule has 0 aliphatic carbocycles. The quantitative estimate of drug-likeness (QED) is 0.269. The lowest BCUT2D eigenvalue weighted by molar-refractivity contribution is 0.158. The fourth-order valence-electron chi connectivity index (χ4n) is 4.04. The lowest BCUT2D eigenvalue weighted by atomic mass is 9.94. The standard InChI is InChI=1S/C28H31N3O3.ClH/c1-20-8-5-6-11-25(20)26-13-12-23(17-24(26)19-33-4)28-29-27(30-34-28)22-10-7-9-21(16-22)18-31(2)14-15-32-3;/h5-13,16-17H,14-15,18-19H2,1-4H3;1H. The number of likely N-dealkylation sites (N-methyl/N-ethyl adjacent to an activating group) is 1. The molecular weight excluding hydrogens is 462 g/mol. The first kappa shape index (κ1) is 26.6. The number of ether oxygens (including phenoxy) is 2. The minimum Gasteiger partial charge on any atom is -0.383 e. The summed E-state index contributed by atoms with van der Waals surface area (Å²) in [5.41, 5.74) is 7.64. The summed E-state index contributed by atoms with van der Waals surface area (Å²) in [4.78, 5) is 6.91. The maximum Gasteiger partial charge on any atom is 0.258 e. The number of hydrogen-bond acceptors (Lipinski definition) is 6. The summed E-state index contributed by atoms with van der Waals surface area (Å²) in [7, 11) is 5.51. The van der Waals surface area contributed by atoms with E-state index in [1.807, 2.05) is 18.2 Å². The van der Waals surface area contributed by atoms with Gasteiger partial charge in [0.15, 0.2) is 0 Å². The molecule has 35 heavy (non-hydrogen) atoms. The van der Waals surface area contributed by atoms with Crippen molar-refractivity contribution in [1.29, 1.82) is 0 Å². The van der Waals surface area contributed by atoms with Gasteiger partial charge in [0.25, 0.3) is 5.89 Å². The van der Waals surface area contributed by atoms with E-state index in [9.17, 15) is 0 Å². The number of halogens is 1. The van der Waals surface area contributed by atoms with E-state index in [1.54, 1.807) is 14.2 Å². The van der Waals surface area contributed by atoms with Gasteiger partial charge in [-0.05, 0) is 60.0 Å². The average Bonchev–Trinajstić information content (AvgIpc) is 3.34. The first-order chi connectivity index (χ1) is 16.6. The van der Waals surface area contributed by atoms with Crippen molar-refractivity contribution in [1.82, 2.24) is 15.0 Å². The van der Waals surface area contributed by atoms with E-state index >= 15 is 0 Å². The summed E-state index contributed by atoms with van der Waals surface area (Å²) in [6, 6.07) is 22.8. The molecule has 0 amide bonds. The van der Waals surface area contributed by atoms with Crippen LogP contribution in [0.1, 0.15) is 16.7 Å². The molecule has 6 nitrogen and oxygen atoms in total. The minimum atomic E-state index is 0. The summed E-state index contributed by atoms with van der Waals surface area (Å²) < 4.78 is 16.3. The third-order valence-electron chi connectivity index (χ3n) is 5.83.